The SMILES string of the molecule is C=C/C=C/c1ccccc1CCO. The first kappa shape index (κ1) is 9.75. The number of hydrogen-bond donors (Lipinski definition) is 1. The van der Waals surface area contributed by atoms with Crippen LogP contribution >= 0.6 is 0 Å². The Morgan fingerprint density at radius 1 is 1.31 bits per heavy atom. The number of benzene rings is 1. The molecule has 0 fully saturated rings. The summed E-state index contributed by atoms with van der Waals surface area (Å²) in [7, 11) is 0. The van der Waals surface area contributed by atoms with E-state index >= 15 is 0 Å². The minimum atomic E-state index is 0.193. The molecule has 0 saturated heterocycles. The molecular formula is C12H14O. The molecule has 1 heteroatoms. The van der Waals surface area contributed by atoms with Crippen LogP contribution in [0.25, 0.3) is 6.08 Å². The Morgan fingerprint density at radius 3 is 2.77 bits per heavy atom. The third-order valence-electron chi connectivity index (χ3n) is 1.85. The summed E-state index contributed by atoms with van der Waals surface area (Å²) in [5, 5.41) is 8.83. The number of aliphatic hydroxyl groups is 1. The van der Waals surface area contributed by atoms with E-state index < -0.39 is 0 Å². The molecule has 0 aliphatic rings. The van der Waals surface area contributed by atoms with Gasteiger partial charge in [0.2, 0.25) is 0 Å². The first-order valence-corrected chi connectivity index (χ1v) is 4.36. The van der Waals surface area contributed by atoms with E-state index in [-0.39, 0.29) is 6.61 Å². The van der Waals surface area contributed by atoms with Gasteiger partial charge in [0.15, 0.2) is 0 Å². The summed E-state index contributed by atoms with van der Waals surface area (Å²) >= 11 is 0. The third kappa shape index (κ3) is 2.88. The van der Waals surface area contributed by atoms with Crippen molar-refractivity contribution in [2.75, 3.05) is 6.61 Å². The molecule has 0 heterocycles. The highest BCUT2D eigenvalue weighted by molar-refractivity contribution is 5.55. The fourth-order valence-electron chi connectivity index (χ4n) is 1.22. The first-order valence-electron chi connectivity index (χ1n) is 4.36. The highest BCUT2D eigenvalue weighted by Crippen LogP contribution is 2.11. The fourth-order valence-corrected chi connectivity index (χ4v) is 1.22. The monoisotopic (exact) mass is 174 g/mol. The quantitative estimate of drug-likeness (QED) is 0.695. The summed E-state index contributed by atoms with van der Waals surface area (Å²) in [6.07, 6.45) is 6.35. The predicted molar refractivity (Wildman–Crippen MR) is 56.5 cm³/mol. The summed E-state index contributed by atoms with van der Waals surface area (Å²) in [4.78, 5) is 0. The van der Waals surface area contributed by atoms with Crippen molar-refractivity contribution in [1.29, 1.82) is 0 Å². The minimum absolute atomic E-state index is 0.193. The van der Waals surface area contributed by atoms with Crippen LogP contribution in [0.2, 0.25) is 0 Å². The number of rotatable bonds is 4. The highest BCUT2D eigenvalue weighted by atomic mass is 16.2. The van der Waals surface area contributed by atoms with E-state index in [4.69, 9.17) is 5.11 Å². The van der Waals surface area contributed by atoms with Gasteiger partial charge in [-0.25, -0.2) is 0 Å². The van der Waals surface area contributed by atoms with Crippen LogP contribution in [0.15, 0.2) is 43.0 Å². The van der Waals surface area contributed by atoms with Gasteiger partial charge in [0.25, 0.3) is 0 Å². The second-order valence-corrected chi connectivity index (χ2v) is 2.77. The molecule has 1 N–H and O–H groups in total. The molecule has 1 rings (SSSR count). The van der Waals surface area contributed by atoms with Crippen molar-refractivity contribution in [2.24, 2.45) is 0 Å². The lowest BCUT2D eigenvalue weighted by Gasteiger charge is -2.02. The Balaban J connectivity index is 2.90. The molecule has 0 spiro atoms. The number of hydrogen-bond acceptors (Lipinski definition) is 1. The molecule has 0 amide bonds. The van der Waals surface area contributed by atoms with Gasteiger partial charge in [-0.15, -0.1) is 0 Å². The molecule has 0 radical (unpaired) electrons. The topological polar surface area (TPSA) is 20.2 Å². The summed E-state index contributed by atoms with van der Waals surface area (Å²) in [5.41, 5.74) is 2.32. The van der Waals surface area contributed by atoms with E-state index in [2.05, 4.69) is 6.58 Å². The zero-order chi connectivity index (χ0) is 9.52. The normalized spacial score (nSPS) is 10.5. The largest absolute Gasteiger partial charge is 0.396 e. The van der Waals surface area contributed by atoms with Crippen molar-refractivity contribution in [3.8, 4) is 0 Å². The van der Waals surface area contributed by atoms with Crippen molar-refractivity contribution in [3.63, 3.8) is 0 Å². The maximum Gasteiger partial charge on any atom is 0.0471 e. The van der Waals surface area contributed by atoms with Crippen LogP contribution < -0.4 is 0 Å². The lowest BCUT2D eigenvalue weighted by Crippen LogP contribution is -1.92. The molecule has 68 valence electrons. The average Bonchev–Trinajstić information content (AvgIpc) is 2.17. The van der Waals surface area contributed by atoms with Gasteiger partial charge in [-0.2, -0.15) is 0 Å². The maximum absolute atomic E-state index is 8.83. The van der Waals surface area contributed by atoms with Crippen LogP contribution in [0.1, 0.15) is 11.1 Å². The third-order valence-corrected chi connectivity index (χ3v) is 1.85. The van der Waals surface area contributed by atoms with Gasteiger partial charge >= 0.3 is 0 Å². The van der Waals surface area contributed by atoms with Crippen LogP contribution in [0.3, 0.4) is 0 Å². The average molecular weight is 174 g/mol. The van der Waals surface area contributed by atoms with Gasteiger partial charge < -0.3 is 5.11 Å². The second kappa shape index (κ2) is 5.33. The second-order valence-electron chi connectivity index (χ2n) is 2.77. The molecule has 1 aromatic carbocycles. The number of aliphatic hydroxyl groups excluding tert-OH is 1. The molecule has 1 aromatic rings. The molecular weight excluding hydrogens is 160 g/mol. The lowest BCUT2D eigenvalue weighted by atomic mass is 10.0. The Hall–Kier alpha value is -1.34. The Bertz CT molecular complexity index is 300. The van der Waals surface area contributed by atoms with Crippen molar-refractivity contribution < 1.29 is 5.11 Å². The highest BCUT2D eigenvalue weighted by Gasteiger charge is 1.95. The molecule has 0 bridgehead atoms. The van der Waals surface area contributed by atoms with E-state index in [0.29, 0.717) is 6.42 Å². The standard InChI is InChI=1S/C12H14O/c1-2-3-6-11-7-4-5-8-12(11)9-10-13/h2-8,13H,1,9-10H2/b6-3+. The summed E-state index contributed by atoms with van der Waals surface area (Å²) in [6, 6.07) is 8.03. The summed E-state index contributed by atoms with van der Waals surface area (Å²) in [6.45, 7) is 3.81. The molecule has 0 saturated carbocycles. The van der Waals surface area contributed by atoms with Crippen LogP contribution in [-0.2, 0) is 6.42 Å². The Labute approximate surface area is 79.0 Å². The minimum Gasteiger partial charge on any atom is -0.396 e. The Kier molecular flexibility index (Phi) is 4.00. The summed E-state index contributed by atoms with van der Waals surface area (Å²) in [5.74, 6) is 0. The molecule has 0 unspecified atom stereocenters. The molecule has 0 aliphatic carbocycles. The van der Waals surface area contributed by atoms with E-state index in [9.17, 15) is 0 Å². The van der Waals surface area contributed by atoms with E-state index in [0.717, 1.165) is 5.56 Å². The Morgan fingerprint density at radius 2 is 2.08 bits per heavy atom. The van der Waals surface area contributed by atoms with Gasteiger partial charge in [0.05, 0.1) is 0 Å². The van der Waals surface area contributed by atoms with E-state index in [1.165, 1.54) is 5.56 Å². The maximum atomic E-state index is 8.83. The smallest absolute Gasteiger partial charge is 0.0471 e. The first-order chi connectivity index (χ1) is 6.38. The fraction of sp³-hybridized carbons (Fsp3) is 0.167. The van der Waals surface area contributed by atoms with Crippen molar-refractivity contribution in [2.45, 2.75) is 6.42 Å². The summed E-state index contributed by atoms with van der Waals surface area (Å²) < 4.78 is 0. The van der Waals surface area contributed by atoms with Crippen molar-refractivity contribution in [1.82, 2.24) is 0 Å². The molecule has 0 atom stereocenters. The molecule has 1 nitrogen and oxygen atoms in total. The predicted octanol–water partition coefficient (Wildman–Crippen LogP) is 2.42. The lowest BCUT2D eigenvalue weighted by molar-refractivity contribution is 0.299. The molecule has 13 heavy (non-hydrogen) atoms. The van der Waals surface area contributed by atoms with Gasteiger partial charge in [-0.3, -0.25) is 0 Å². The van der Waals surface area contributed by atoms with Gasteiger partial charge in [0, 0.05) is 6.61 Å². The van der Waals surface area contributed by atoms with E-state index in [1.54, 1.807) is 6.08 Å². The zero-order valence-corrected chi connectivity index (χ0v) is 7.61. The van der Waals surface area contributed by atoms with Crippen LogP contribution in [0.4, 0.5) is 0 Å². The van der Waals surface area contributed by atoms with Gasteiger partial charge in [0.1, 0.15) is 0 Å². The van der Waals surface area contributed by atoms with Crippen LogP contribution in [0.5, 0.6) is 0 Å². The van der Waals surface area contributed by atoms with Crippen molar-refractivity contribution >= 4 is 6.08 Å². The van der Waals surface area contributed by atoms with Crippen molar-refractivity contribution in [3.05, 3.63) is 54.1 Å². The molecule has 0 aromatic heterocycles. The molecule has 0 aliphatic heterocycles. The number of allylic oxidation sites excluding steroid dienone is 2. The van der Waals surface area contributed by atoms with Gasteiger partial charge in [-0.1, -0.05) is 49.1 Å². The van der Waals surface area contributed by atoms with Crippen LogP contribution in [0, 0.1) is 0 Å². The van der Waals surface area contributed by atoms with Gasteiger partial charge in [-0.05, 0) is 17.5 Å². The van der Waals surface area contributed by atoms with Crippen LogP contribution in [-0.4, -0.2) is 11.7 Å². The zero-order valence-electron chi connectivity index (χ0n) is 7.61. The van der Waals surface area contributed by atoms with E-state index in [1.807, 2.05) is 36.4 Å².